The second-order valence-electron chi connectivity index (χ2n) is 5.88. The summed E-state index contributed by atoms with van der Waals surface area (Å²) in [6.07, 6.45) is -4.40. The minimum Gasteiger partial charge on any atom is -0.380 e. The van der Waals surface area contributed by atoms with Gasteiger partial charge in [-0.25, -0.2) is 4.98 Å². The zero-order valence-corrected chi connectivity index (χ0v) is 13.4. The Hall–Kier alpha value is -2.57. The summed E-state index contributed by atoms with van der Waals surface area (Å²) in [5.74, 6) is 0. The molecule has 0 saturated heterocycles. The molecule has 0 aliphatic heterocycles. The van der Waals surface area contributed by atoms with E-state index in [0.29, 0.717) is 33.7 Å². The number of rotatable bonds is 3. The molecule has 4 nitrogen and oxygen atoms in total. The lowest BCUT2D eigenvalue weighted by Crippen LogP contribution is -2.10. The maximum atomic E-state index is 12.9. The number of pyridine rings is 1. The lowest BCUT2D eigenvalue weighted by atomic mass is 10.1. The van der Waals surface area contributed by atoms with E-state index in [9.17, 15) is 13.2 Å². The Bertz CT molecular complexity index is 884. The summed E-state index contributed by atoms with van der Waals surface area (Å²) < 4.78 is 44.1. The summed E-state index contributed by atoms with van der Waals surface area (Å²) in [4.78, 5) is 4.43. The first-order valence-electron chi connectivity index (χ1n) is 7.47. The minimum absolute atomic E-state index is 0.121. The molecule has 0 radical (unpaired) electrons. The number of halogens is 3. The fourth-order valence-electron chi connectivity index (χ4n) is 2.45. The van der Waals surface area contributed by atoms with Gasteiger partial charge in [-0.05, 0) is 39.0 Å². The van der Waals surface area contributed by atoms with Crippen LogP contribution in [0.3, 0.4) is 0 Å². The standard InChI is InChI=1S/C17H16F3N3O/c1-9(2)21-14-8-13(22-15-10(3)23-24-16(14)15)11-5-4-6-12(7-11)17(18,19)20/h4-9H,1-3H3,(H,21,22). The van der Waals surface area contributed by atoms with E-state index in [1.54, 1.807) is 19.1 Å². The minimum atomic E-state index is -4.40. The molecule has 0 spiro atoms. The fourth-order valence-corrected chi connectivity index (χ4v) is 2.45. The topological polar surface area (TPSA) is 51.0 Å². The first-order valence-corrected chi connectivity index (χ1v) is 7.47. The van der Waals surface area contributed by atoms with Crippen LogP contribution >= 0.6 is 0 Å². The molecule has 0 saturated carbocycles. The molecule has 3 rings (SSSR count). The summed E-state index contributed by atoms with van der Waals surface area (Å²) in [5, 5.41) is 7.12. The third-order valence-corrected chi connectivity index (χ3v) is 3.52. The van der Waals surface area contributed by atoms with Crippen LogP contribution in [0.5, 0.6) is 0 Å². The molecule has 0 aliphatic carbocycles. The molecular weight excluding hydrogens is 319 g/mol. The smallest absolute Gasteiger partial charge is 0.380 e. The van der Waals surface area contributed by atoms with Crippen LogP contribution in [0.25, 0.3) is 22.4 Å². The predicted molar refractivity (Wildman–Crippen MR) is 85.7 cm³/mol. The number of aryl methyl sites for hydroxylation is 1. The van der Waals surface area contributed by atoms with Crippen LogP contribution in [-0.2, 0) is 6.18 Å². The molecule has 7 heteroatoms. The van der Waals surface area contributed by atoms with E-state index in [4.69, 9.17) is 4.52 Å². The van der Waals surface area contributed by atoms with Crippen molar-refractivity contribution in [2.24, 2.45) is 0 Å². The Balaban J connectivity index is 2.18. The van der Waals surface area contributed by atoms with Gasteiger partial charge < -0.3 is 9.84 Å². The summed E-state index contributed by atoms with van der Waals surface area (Å²) in [6, 6.07) is 6.92. The molecule has 24 heavy (non-hydrogen) atoms. The van der Waals surface area contributed by atoms with Gasteiger partial charge in [0.05, 0.1) is 16.9 Å². The lowest BCUT2D eigenvalue weighted by molar-refractivity contribution is -0.137. The van der Waals surface area contributed by atoms with Gasteiger partial charge in [0.2, 0.25) is 5.58 Å². The number of alkyl halides is 3. The van der Waals surface area contributed by atoms with Crippen LogP contribution in [0.4, 0.5) is 18.9 Å². The highest BCUT2D eigenvalue weighted by Crippen LogP contribution is 2.34. The first kappa shape index (κ1) is 16.3. The molecule has 2 heterocycles. The molecule has 0 atom stereocenters. The molecule has 0 fully saturated rings. The number of nitrogens with one attached hydrogen (secondary N) is 1. The van der Waals surface area contributed by atoms with Crippen molar-refractivity contribution in [3.8, 4) is 11.3 Å². The van der Waals surface area contributed by atoms with Crippen LogP contribution in [-0.4, -0.2) is 16.2 Å². The quantitative estimate of drug-likeness (QED) is 0.729. The highest BCUT2D eigenvalue weighted by atomic mass is 19.4. The Kier molecular flexibility index (Phi) is 3.95. The molecule has 0 aliphatic rings. The fraction of sp³-hybridized carbons (Fsp3) is 0.294. The van der Waals surface area contributed by atoms with Crippen molar-refractivity contribution in [3.05, 3.63) is 41.6 Å². The van der Waals surface area contributed by atoms with Gasteiger partial charge in [0.15, 0.2) is 0 Å². The number of anilines is 1. The SMILES string of the molecule is Cc1noc2c(NC(C)C)cc(-c3cccc(C(F)(F)F)c3)nc12. The Morgan fingerprint density at radius 3 is 2.58 bits per heavy atom. The van der Waals surface area contributed by atoms with E-state index in [2.05, 4.69) is 15.5 Å². The second-order valence-corrected chi connectivity index (χ2v) is 5.88. The molecule has 1 aromatic carbocycles. The van der Waals surface area contributed by atoms with Crippen molar-refractivity contribution < 1.29 is 17.7 Å². The molecule has 0 unspecified atom stereocenters. The Labute approximate surface area is 136 Å². The van der Waals surface area contributed by atoms with Crippen molar-refractivity contribution in [2.45, 2.75) is 33.0 Å². The normalized spacial score (nSPS) is 12.1. The molecule has 3 aromatic rings. The largest absolute Gasteiger partial charge is 0.416 e. The number of benzene rings is 1. The predicted octanol–water partition coefficient (Wildman–Crippen LogP) is 5.04. The number of hydrogen-bond donors (Lipinski definition) is 1. The van der Waals surface area contributed by atoms with Crippen molar-refractivity contribution in [2.75, 3.05) is 5.32 Å². The van der Waals surface area contributed by atoms with Crippen LogP contribution < -0.4 is 5.32 Å². The average Bonchev–Trinajstić information content (AvgIpc) is 2.88. The van der Waals surface area contributed by atoms with Crippen molar-refractivity contribution in [1.82, 2.24) is 10.1 Å². The lowest BCUT2D eigenvalue weighted by Gasteiger charge is -2.12. The van der Waals surface area contributed by atoms with Gasteiger partial charge >= 0.3 is 6.18 Å². The van der Waals surface area contributed by atoms with Crippen LogP contribution in [0.2, 0.25) is 0 Å². The monoisotopic (exact) mass is 335 g/mol. The van der Waals surface area contributed by atoms with Crippen LogP contribution in [0.1, 0.15) is 25.1 Å². The van der Waals surface area contributed by atoms with Gasteiger partial charge in [0.1, 0.15) is 11.2 Å². The maximum Gasteiger partial charge on any atom is 0.416 e. The summed E-state index contributed by atoms with van der Waals surface area (Å²) in [5.41, 5.74) is 2.39. The number of aromatic nitrogens is 2. The van der Waals surface area contributed by atoms with Crippen molar-refractivity contribution >= 4 is 16.8 Å². The molecule has 2 aromatic heterocycles. The van der Waals surface area contributed by atoms with E-state index < -0.39 is 11.7 Å². The van der Waals surface area contributed by atoms with Gasteiger partial charge in [0.25, 0.3) is 0 Å². The Morgan fingerprint density at radius 1 is 1.17 bits per heavy atom. The van der Waals surface area contributed by atoms with Gasteiger partial charge in [-0.15, -0.1) is 0 Å². The van der Waals surface area contributed by atoms with Crippen molar-refractivity contribution in [1.29, 1.82) is 0 Å². The molecule has 126 valence electrons. The van der Waals surface area contributed by atoms with Gasteiger partial charge in [-0.2, -0.15) is 13.2 Å². The second kappa shape index (κ2) is 5.81. The zero-order chi connectivity index (χ0) is 17.5. The summed E-state index contributed by atoms with van der Waals surface area (Å²) in [7, 11) is 0. The van der Waals surface area contributed by atoms with E-state index in [0.717, 1.165) is 12.1 Å². The highest BCUT2D eigenvalue weighted by Gasteiger charge is 2.30. The van der Waals surface area contributed by atoms with E-state index in [1.165, 1.54) is 6.07 Å². The molecular formula is C17H16F3N3O. The first-order chi connectivity index (χ1) is 11.3. The third-order valence-electron chi connectivity index (χ3n) is 3.52. The van der Waals surface area contributed by atoms with Gasteiger partial charge in [-0.1, -0.05) is 17.3 Å². The average molecular weight is 335 g/mol. The highest BCUT2D eigenvalue weighted by molar-refractivity contribution is 5.90. The third kappa shape index (κ3) is 3.06. The van der Waals surface area contributed by atoms with E-state index in [1.807, 2.05) is 13.8 Å². The van der Waals surface area contributed by atoms with E-state index >= 15 is 0 Å². The van der Waals surface area contributed by atoms with Crippen LogP contribution in [0, 0.1) is 6.92 Å². The van der Waals surface area contributed by atoms with E-state index in [-0.39, 0.29) is 6.04 Å². The number of nitrogens with zero attached hydrogens (tertiary/aromatic N) is 2. The molecule has 0 amide bonds. The Morgan fingerprint density at radius 2 is 1.92 bits per heavy atom. The summed E-state index contributed by atoms with van der Waals surface area (Å²) >= 11 is 0. The number of fused-ring (bicyclic) bond motifs is 1. The van der Waals surface area contributed by atoms with Crippen molar-refractivity contribution in [3.63, 3.8) is 0 Å². The zero-order valence-electron chi connectivity index (χ0n) is 13.4. The molecule has 0 bridgehead atoms. The number of hydrogen-bond acceptors (Lipinski definition) is 4. The summed E-state index contributed by atoms with van der Waals surface area (Å²) in [6.45, 7) is 5.66. The maximum absolute atomic E-state index is 12.9. The van der Waals surface area contributed by atoms with Gasteiger partial charge in [-0.3, -0.25) is 0 Å². The molecule has 1 N–H and O–H groups in total. The van der Waals surface area contributed by atoms with Gasteiger partial charge in [0, 0.05) is 11.6 Å². The van der Waals surface area contributed by atoms with Crippen LogP contribution in [0.15, 0.2) is 34.9 Å².